The molecular weight excluding hydrogens is 299 g/mol. The average Bonchev–Trinajstić information content (AvgIpc) is 2.67. The molecule has 0 atom stereocenters. The lowest BCUT2D eigenvalue weighted by Gasteiger charge is -2.09. The normalized spacial score (nSPS) is 10.9. The smallest absolute Gasteiger partial charge is 0.229 e. The van der Waals surface area contributed by atoms with Crippen LogP contribution in [0.15, 0.2) is 12.1 Å². The van der Waals surface area contributed by atoms with Crippen LogP contribution in [0.2, 0.25) is 15.3 Å². The van der Waals surface area contributed by atoms with Gasteiger partial charge in [0.1, 0.15) is 5.82 Å². The molecule has 0 amide bonds. The van der Waals surface area contributed by atoms with Gasteiger partial charge in [0, 0.05) is 6.42 Å². The van der Waals surface area contributed by atoms with Gasteiger partial charge in [-0.1, -0.05) is 30.1 Å². The highest BCUT2D eigenvalue weighted by molar-refractivity contribution is 6.35. The fourth-order valence-corrected chi connectivity index (χ4v) is 2.32. The van der Waals surface area contributed by atoms with Crippen molar-refractivity contribution in [3.63, 3.8) is 0 Å². The molecular formula is C11H9Cl3FN3. The second-order valence-corrected chi connectivity index (χ2v) is 4.85. The quantitative estimate of drug-likeness (QED) is 0.791. The zero-order valence-electron chi connectivity index (χ0n) is 9.42. The molecule has 0 N–H and O–H groups in total. The summed E-state index contributed by atoms with van der Waals surface area (Å²) in [5.41, 5.74) is 0.546. The van der Waals surface area contributed by atoms with Crippen molar-refractivity contribution in [2.45, 2.75) is 19.8 Å². The molecule has 0 aliphatic carbocycles. The third-order valence-electron chi connectivity index (χ3n) is 2.39. The number of aryl methyl sites for hydroxylation is 1. The summed E-state index contributed by atoms with van der Waals surface area (Å²) in [4.78, 5) is 0. The predicted octanol–water partition coefficient (Wildman–Crippen LogP) is 4.32. The van der Waals surface area contributed by atoms with Crippen LogP contribution in [0.4, 0.5) is 4.39 Å². The molecule has 0 saturated carbocycles. The van der Waals surface area contributed by atoms with Gasteiger partial charge in [0.15, 0.2) is 5.82 Å². The fourth-order valence-electron chi connectivity index (χ4n) is 1.61. The van der Waals surface area contributed by atoms with E-state index in [9.17, 15) is 4.39 Å². The number of nitrogens with zero attached hydrogens (tertiary/aromatic N) is 3. The Bertz CT molecular complexity index is 560. The third-order valence-corrected chi connectivity index (χ3v) is 3.19. The minimum Gasteiger partial charge on any atom is -0.270 e. The molecule has 0 radical (unpaired) electrons. The van der Waals surface area contributed by atoms with Crippen LogP contribution in [0.5, 0.6) is 0 Å². The van der Waals surface area contributed by atoms with Crippen LogP contribution < -0.4 is 0 Å². The fraction of sp³-hybridized carbons (Fsp3) is 0.273. The topological polar surface area (TPSA) is 30.7 Å². The molecule has 1 heterocycles. The summed E-state index contributed by atoms with van der Waals surface area (Å²) in [5, 5.41) is 7.82. The van der Waals surface area contributed by atoms with Crippen molar-refractivity contribution in [2.75, 3.05) is 0 Å². The summed E-state index contributed by atoms with van der Waals surface area (Å²) in [5.74, 6) is 0.0320. The number of halogens is 4. The van der Waals surface area contributed by atoms with E-state index >= 15 is 0 Å². The van der Waals surface area contributed by atoms with Gasteiger partial charge in [-0.25, -0.2) is 4.39 Å². The first-order chi connectivity index (χ1) is 8.54. The molecule has 96 valence electrons. The molecule has 7 heteroatoms. The van der Waals surface area contributed by atoms with E-state index in [0.29, 0.717) is 17.9 Å². The van der Waals surface area contributed by atoms with Crippen LogP contribution in [0, 0.1) is 5.82 Å². The second kappa shape index (κ2) is 5.43. The number of rotatable bonds is 3. The van der Waals surface area contributed by atoms with Gasteiger partial charge >= 0.3 is 0 Å². The predicted molar refractivity (Wildman–Crippen MR) is 70.3 cm³/mol. The SMILES string of the molecule is CCCc1nnc(Cl)n1-c1cc(Cl)c(F)c(Cl)c1. The van der Waals surface area contributed by atoms with Crippen molar-refractivity contribution in [2.24, 2.45) is 0 Å². The van der Waals surface area contributed by atoms with Crippen molar-refractivity contribution in [1.29, 1.82) is 0 Å². The molecule has 0 saturated heterocycles. The lowest BCUT2D eigenvalue weighted by atomic mass is 10.2. The standard InChI is InChI=1S/C11H9Cl3FN3/c1-2-3-9-16-17-11(14)18(9)6-4-7(12)10(15)8(13)5-6/h4-5H,2-3H2,1H3. The van der Waals surface area contributed by atoms with Gasteiger partial charge in [0.05, 0.1) is 15.7 Å². The Morgan fingerprint density at radius 2 is 1.78 bits per heavy atom. The zero-order valence-corrected chi connectivity index (χ0v) is 11.7. The van der Waals surface area contributed by atoms with Crippen LogP contribution in [0.1, 0.15) is 19.2 Å². The highest BCUT2D eigenvalue weighted by Crippen LogP contribution is 2.28. The van der Waals surface area contributed by atoms with E-state index in [-0.39, 0.29) is 15.3 Å². The van der Waals surface area contributed by atoms with Crippen molar-refractivity contribution in [3.05, 3.63) is 39.1 Å². The van der Waals surface area contributed by atoms with Crippen LogP contribution in [-0.4, -0.2) is 14.8 Å². The number of hydrogen-bond donors (Lipinski definition) is 0. The number of benzene rings is 1. The zero-order chi connectivity index (χ0) is 13.3. The van der Waals surface area contributed by atoms with Crippen LogP contribution in [0.3, 0.4) is 0 Å². The first-order valence-corrected chi connectivity index (χ1v) is 6.42. The van der Waals surface area contributed by atoms with Crippen LogP contribution in [-0.2, 0) is 6.42 Å². The van der Waals surface area contributed by atoms with Crippen molar-refractivity contribution >= 4 is 34.8 Å². The molecule has 18 heavy (non-hydrogen) atoms. The van der Waals surface area contributed by atoms with Gasteiger partial charge in [-0.15, -0.1) is 10.2 Å². The second-order valence-electron chi connectivity index (χ2n) is 3.69. The largest absolute Gasteiger partial charge is 0.270 e. The lowest BCUT2D eigenvalue weighted by molar-refractivity contribution is 0.628. The molecule has 0 aliphatic rings. The Morgan fingerprint density at radius 1 is 1.17 bits per heavy atom. The van der Waals surface area contributed by atoms with E-state index in [0.717, 1.165) is 6.42 Å². The van der Waals surface area contributed by atoms with Gasteiger partial charge in [0.25, 0.3) is 0 Å². The van der Waals surface area contributed by atoms with E-state index in [1.54, 1.807) is 4.57 Å². The Balaban J connectivity index is 2.58. The molecule has 1 aromatic heterocycles. The first kappa shape index (κ1) is 13.6. The molecule has 1 aromatic carbocycles. The molecule has 3 nitrogen and oxygen atoms in total. The maximum absolute atomic E-state index is 13.4. The molecule has 0 unspecified atom stereocenters. The minimum atomic E-state index is -0.650. The first-order valence-electron chi connectivity index (χ1n) is 5.29. The van der Waals surface area contributed by atoms with Crippen molar-refractivity contribution in [3.8, 4) is 5.69 Å². The molecule has 2 aromatic rings. The summed E-state index contributed by atoms with van der Waals surface area (Å²) >= 11 is 17.5. The van der Waals surface area contributed by atoms with Gasteiger partial charge < -0.3 is 0 Å². The van der Waals surface area contributed by atoms with E-state index < -0.39 is 5.82 Å². The van der Waals surface area contributed by atoms with E-state index in [2.05, 4.69) is 10.2 Å². The van der Waals surface area contributed by atoms with Gasteiger partial charge in [-0.2, -0.15) is 0 Å². The summed E-state index contributed by atoms with van der Waals surface area (Å²) < 4.78 is 15.0. The van der Waals surface area contributed by atoms with Gasteiger partial charge in [-0.3, -0.25) is 4.57 Å². The van der Waals surface area contributed by atoms with E-state index in [1.807, 2.05) is 6.92 Å². The Hall–Kier alpha value is -0.840. The maximum Gasteiger partial charge on any atom is 0.229 e. The van der Waals surface area contributed by atoms with Crippen molar-refractivity contribution in [1.82, 2.24) is 14.8 Å². The van der Waals surface area contributed by atoms with Gasteiger partial charge in [0.2, 0.25) is 5.28 Å². The third kappa shape index (κ3) is 2.46. The van der Waals surface area contributed by atoms with Crippen LogP contribution in [0.25, 0.3) is 5.69 Å². The van der Waals surface area contributed by atoms with Gasteiger partial charge in [-0.05, 0) is 30.2 Å². The monoisotopic (exact) mass is 307 g/mol. The highest BCUT2D eigenvalue weighted by atomic mass is 35.5. The Morgan fingerprint density at radius 3 is 2.33 bits per heavy atom. The van der Waals surface area contributed by atoms with Crippen LogP contribution >= 0.6 is 34.8 Å². The van der Waals surface area contributed by atoms with E-state index in [4.69, 9.17) is 34.8 Å². The van der Waals surface area contributed by atoms with Crippen molar-refractivity contribution < 1.29 is 4.39 Å². The summed E-state index contributed by atoms with van der Waals surface area (Å²) in [6, 6.07) is 2.88. The Kier molecular flexibility index (Phi) is 4.10. The van der Waals surface area contributed by atoms with E-state index in [1.165, 1.54) is 12.1 Å². The molecule has 0 spiro atoms. The summed E-state index contributed by atoms with van der Waals surface area (Å²) in [7, 11) is 0. The maximum atomic E-state index is 13.4. The molecule has 0 bridgehead atoms. The molecule has 2 rings (SSSR count). The lowest BCUT2D eigenvalue weighted by Crippen LogP contribution is -2.02. The summed E-state index contributed by atoms with van der Waals surface area (Å²) in [6.45, 7) is 2.01. The highest BCUT2D eigenvalue weighted by Gasteiger charge is 2.15. The minimum absolute atomic E-state index is 0.0651. The molecule has 0 fully saturated rings. The average molecular weight is 309 g/mol. The number of hydrogen-bond acceptors (Lipinski definition) is 2. The number of aromatic nitrogens is 3. The molecule has 0 aliphatic heterocycles. The Labute approximate surface area is 118 Å². The summed E-state index contributed by atoms with van der Waals surface area (Å²) in [6.07, 6.45) is 1.59.